The SMILES string of the molecule is Cc1cc(C)c(CNC(=O)c2cc(Br)cc(N(C)C3CCC(NC=O)CC3)c2C)c(=O)[nH]1. The number of carbonyl (C=O) groups excluding carboxylic acids is 2. The van der Waals surface area contributed by atoms with Gasteiger partial charge in [0.05, 0.1) is 0 Å². The molecule has 0 unspecified atom stereocenters. The first-order chi connectivity index (χ1) is 15.2. The Labute approximate surface area is 197 Å². The molecule has 32 heavy (non-hydrogen) atoms. The number of nitrogens with one attached hydrogen (secondary N) is 3. The summed E-state index contributed by atoms with van der Waals surface area (Å²) in [4.78, 5) is 41.0. The number of pyridine rings is 1. The second kappa shape index (κ2) is 10.3. The molecule has 0 spiro atoms. The third-order valence-electron chi connectivity index (χ3n) is 6.44. The molecule has 1 saturated carbocycles. The van der Waals surface area contributed by atoms with Gasteiger partial charge in [0, 0.05) is 52.7 Å². The molecule has 0 saturated heterocycles. The lowest BCUT2D eigenvalue weighted by Crippen LogP contribution is -2.41. The fourth-order valence-corrected chi connectivity index (χ4v) is 5.00. The number of carbonyl (C=O) groups is 2. The zero-order chi connectivity index (χ0) is 23.4. The van der Waals surface area contributed by atoms with Crippen LogP contribution in [0.4, 0.5) is 5.69 Å². The molecule has 2 amide bonds. The van der Waals surface area contributed by atoms with Crippen LogP contribution in [0, 0.1) is 20.8 Å². The fourth-order valence-electron chi connectivity index (χ4n) is 4.55. The van der Waals surface area contributed by atoms with Crippen molar-refractivity contribution in [3.63, 3.8) is 0 Å². The molecule has 1 heterocycles. The predicted octanol–water partition coefficient (Wildman–Crippen LogP) is 3.49. The van der Waals surface area contributed by atoms with Gasteiger partial charge in [-0.1, -0.05) is 15.9 Å². The highest BCUT2D eigenvalue weighted by Crippen LogP contribution is 2.32. The molecule has 3 N–H and O–H groups in total. The molecule has 1 fully saturated rings. The van der Waals surface area contributed by atoms with E-state index in [4.69, 9.17) is 0 Å². The third-order valence-corrected chi connectivity index (χ3v) is 6.90. The molecule has 0 atom stereocenters. The summed E-state index contributed by atoms with van der Waals surface area (Å²) in [5, 5.41) is 5.79. The molecule has 1 aromatic carbocycles. The van der Waals surface area contributed by atoms with Gasteiger partial charge < -0.3 is 20.5 Å². The molecule has 0 aliphatic heterocycles. The monoisotopic (exact) mass is 502 g/mol. The van der Waals surface area contributed by atoms with E-state index in [2.05, 4.69) is 43.5 Å². The summed E-state index contributed by atoms with van der Waals surface area (Å²) in [6, 6.07) is 6.35. The number of halogens is 1. The number of aromatic amines is 1. The Morgan fingerprint density at radius 2 is 1.88 bits per heavy atom. The average molecular weight is 503 g/mol. The smallest absolute Gasteiger partial charge is 0.253 e. The van der Waals surface area contributed by atoms with Crippen molar-refractivity contribution in [3.05, 3.63) is 61.0 Å². The van der Waals surface area contributed by atoms with Crippen LogP contribution in [0.25, 0.3) is 0 Å². The summed E-state index contributed by atoms with van der Waals surface area (Å²) in [7, 11) is 2.06. The Kier molecular flexibility index (Phi) is 7.77. The van der Waals surface area contributed by atoms with Gasteiger partial charge in [0.25, 0.3) is 11.5 Å². The van der Waals surface area contributed by atoms with Crippen LogP contribution >= 0.6 is 15.9 Å². The van der Waals surface area contributed by atoms with Crippen molar-refractivity contribution >= 4 is 33.9 Å². The first-order valence-electron chi connectivity index (χ1n) is 10.9. The molecule has 7 nitrogen and oxygen atoms in total. The second-order valence-corrected chi connectivity index (χ2v) is 9.54. The molecule has 0 radical (unpaired) electrons. The number of aromatic nitrogens is 1. The van der Waals surface area contributed by atoms with E-state index in [9.17, 15) is 14.4 Å². The molecule has 0 bridgehead atoms. The van der Waals surface area contributed by atoms with Crippen molar-refractivity contribution in [1.29, 1.82) is 0 Å². The van der Waals surface area contributed by atoms with Gasteiger partial charge in [-0.2, -0.15) is 0 Å². The van der Waals surface area contributed by atoms with Gasteiger partial charge in [-0.25, -0.2) is 0 Å². The van der Waals surface area contributed by atoms with Gasteiger partial charge >= 0.3 is 0 Å². The van der Waals surface area contributed by atoms with E-state index >= 15 is 0 Å². The summed E-state index contributed by atoms with van der Waals surface area (Å²) in [6.07, 6.45) is 4.62. The van der Waals surface area contributed by atoms with Crippen LogP contribution in [0.2, 0.25) is 0 Å². The number of amides is 2. The van der Waals surface area contributed by atoms with E-state index in [1.165, 1.54) is 0 Å². The zero-order valence-electron chi connectivity index (χ0n) is 19.0. The van der Waals surface area contributed by atoms with Crippen LogP contribution in [0.1, 0.15) is 58.4 Å². The largest absolute Gasteiger partial charge is 0.371 e. The minimum Gasteiger partial charge on any atom is -0.371 e. The van der Waals surface area contributed by atoms with Gasteiger partial charge in [-0.15, -0.1) is 0 Å². The third kappa shape index (κ3) is 5.41. The molecular formula is C24H31BrN4O3. The van der Waals surface area contributed by atoms with Gasteiger partial charge in [-0.3, -0.25) is 14.4 Å². The van der Waals surface area contributed by atoms with Gasteiger partial charge in [0.1, 0.15) is 0 Å². The number of H-pyrrole nitrogens is 1. The van der Waals surface area contributed by atoms with Crippen molar-refractivity contribution in [1.82, 2.24) is 15.6 Å². The molecule has 2 aromatic rings. The number of anilines is 1. The van der Waals surface area contributed by atoms with Crippen molar-refractivity contribution in [2.45, 2.75) is 65.1 Å². The standard InChI is InChI=1S/C24H31BrN4O3/c1-14-9-15(2)28-24(32)21(14)12-26-23(31)20-10-17(25)11-22(16(20)3)29(4)19-7-5-18(6-8-19)27-13-30/h9-11,13,18-19H,5-8,12H2,1-4H3,(H,26,31)(H,27,30)(H,28,32). The zero-order valence-corrected chi connectivity index (χ0v) is 20.6. The summed E-state index contributed by atoms with van der Waals surface area (Å²) in [5.41, 5.74) is 4.53. The Morgan fingerprint density at radius 1 is 1.19 bits per heavy atom. The maximum Gasteiger partial charge on any atom is 0.253 e. The molecule has 1 aliphatic carbocycles. The number of rotatable bonds is 7. The lowest BCUT2D eigenvalue weighted by molar-refractivity contribution is -0.110. The fraction of sp³-hybridized carbons (Fsp3) is 0.458. The van der Waals surface area contributed by atoms with Gasteiger partial charge in [0.15, 0.2) is 0 Å². The topological polar surface area (TPSA) is 94.3 Å². The Balaban J connectivity index is 1.76. The van der Waals surface area contributed by atoms with E-state index < -0.39 is 0 Å². The van der Waals surface area contributed by atoms with Gasteiger partial charge in [-0.05, 0) is 75.8 Å². The Bertz CT molecular complexity index is 1060. The highest BCUT2D eigenvalue weighted by molar-refractivity contribution is 9.10. The van der Waals surface area contributed by atoms with Gasteiger partial charge in [0.2, 0.25) is 6.41 Å². The molecule has 8 heteroatoms. The Morgan fingerprint density at radius 3 is 2.50 bits per heavy atom. The number of benzene rings is 1. The van der Waals surface area contributed by atoms with E-state index in [1.807, 2.05) is 39.0 Å². The first kappa shape index (κ1) is 24.0. The maximum atomic E-state index is 13.0. The van der Waals surface area contributed by atoms with Crippen LogP contribution in [0.5, 0.6) is 0 Å². The lowest BCUT2D eigenvalue weighted by atomic mass is 9.89. The van der Waals surface area contributed by atoms with Crippen LogP contribution in [0.15, 0.2) is 27.5 Å². The van der Waals surface area contributed by atoms with E-state index in [0.717, 1.165) is 59.1 Å². The van der Waals surface area contributed by atoms with E-state index in [0.29, 0.717) is 17.2 Å². The van der Waals surface area contributed by atoms with Crippen LogP contribution in [-0.4, -0.2) is 36.4 Å². The maximum absolute atomic E-state index is 13.0. The number of aryl methyl sites for hydroxylation is 2. The number of hydrogen-bond donors (Lipinski definition) is 3. The van der Waals surface area contributed by atoms with Crippen LogP contribution in [0.3, 0.4) is 0 Å². The normalized spacial score (nSPS) is 18.2. The van der Waals surface area contributed by atoms with Crippen molar-refractivity contribution in [3.8, 4) is 0 Å². The van der Waals surface area contributed by atoms with Crippen molar-refractivity contribution < 1.29 is 9.59 Å². The molecule has 1 aliphatic rings. The minimum atomic E-state index is -0.211. The summed E-state index contributed by atoms with van der Waals surface area (Å²) in [5.74, 6) is -0.211. The first-order valence-corrected chi connectivity index (χ1v) is 11.7. The lowest BCUT2D eigenvalue weighted by Gasteiger charge is -2.37. The summed E-state index contributed by atoms with van der Waals surface area (Å²) < 4.78 is 0.829. The molecular weight excluding hydrogens is 472 g/mol. The number of nitrogens with zero attached hydrogens (tertiary/aromatic N) is 1. The predicted molar refractivity (Wildman–Crippen MR) is 130 cm³/mol. The van der Waals surface area contributed by atoms with Crippen LogP contribution in [-0.2, 0) is 11.3 Å². The minimum absolute atomic E-state index is 0.172. The second-order valence-electron chi connectivity index (χ2n) is 8.62. The Hall–Kier alpha value is -2.61. The van der Waals surface area contributed by atoms with Crippen molar-refractivity contribution in [2.24, 2.45) is 0 Å². The van der Waals surface area contributed by atoms with Crippen molar-refractivity contribution in [2.75, 3.05) is 11.9 Å². The highest BCUT2D eigenvalue weighted by Gasteiger charge is 2.26. The summed E-state index contributed by atoms with van der Waals surface area (Å²) >= 11 is 3.55. The quantitative estimate of drug-likeness (QED) is 0.505. The highest BCUT2D eigenvalue weighted by atomic mass is 79.9. The van der Waals surface area contributed by atoms with E-state index in [-0.39, 0.29) is 24.1 Å². The van der Waals surface area contributed by atoms with Crippen LogP contribution < -0.4 is 21.1 Å². The summed E-state index contributed by atoms with van der Waals surface area (Å²) in [6.45, 7) is 5.84. The number of hydrogen-bond acceptors (Lipinski definition) is 4. The molecule has 1 aromatic heterocycles. The molecule has 3 rings (SSSR count). The van der Waals surface area contributed by atoms with E-state index in [1.54, 1.807) is 0 Å². The average Bonchev–Trinajstić information content (AvgIpc) is 2.74. The molecule has 172 valence electrons.